The van der Waals surface area contributed by atoms with Gasteiger partial charge < -0.3 is 19.6 Å². The highest BCUT2D eigenvalue weighted by Gasteiger charge is 2.19. The van der Waals surface area contributed by atoms with E-state index < -0.39 is 0 Å². The molecule has 27 heavy (non-hydrogen) atoms. The zero-order chi connectivity index (χ0) is 18.6. The number of carbonyl (C=O) groups excluding carboxylic acids is 1. The van der Waals surface area contributed by atoms with Crippen LogP contribution in [0.1, 0.15) is 16.2 Å². The van der Waals surface area contributed by atoms with E-state index in [1.165, 1.54) is 0 Å². The van der Waals surface area contributed by atoms with Crippen LogP contribution < -0.4 is 15.1 Å². The molecule has 1 fully saturated rings. The third kappa shape index (κ3) is 3.89. The molecule has 0 aliphatic carbocycles. The lowest BCUT2D eigenvalue weighted by atomic mass is 10.2. The van der Waals surface area contributed by atoms with Crippen LogP contribution in [0.4, 0.5) is 17.3 Å². The summed E-state index contributed by atoms with van der Waals surface area (Å²) in [4.78, 5) is 25.5. The molecule has 0 radical (unpaired) electrons. The fourth-order valence-electron chi connectivity index (χ4n) is 3.05. The number of aryl methyl sites for hydroxylation is 1. The predicted molar refractivity (Wildman–Crippen MR) is 102 cm³/mol. The van der Waals surface area contributed by atoms with E-state index >= 15 is 0 Å². The van der Waals surface area contributed by atoms with Crippen LogP contribution in [0.25, 0.3) is 0 Å². The molecule has 1 aliphatic rings. The van der Waals surface area contributed by atoms with Gasteiger partial charge in [-0.2, -0.15) is 0 Å². The quantitative estimate of drug-likeness (QED) is 0.760. The van der Waals surface area contributed by atoms with Gasteiger partial charge in [0.1, 0.15) is 17.3 Å². The number of hydrogen-bond acceptors (Lipinski definition) is 7. The molecule has 0 unspecified atom stereocenters. The van der Waals surface area contributed by atoms with Gasteiger partial charge in [0, 0.05) is 38.4 Å². The molecule has 8 nitrogen and oxygen atoms in total. The number of nitrogens with zero attached hydrogens (tertiary/aromatic N) is 5. The summed E-state index contributed by atoms with van der Waals surface area (Å²) in [6.45, 7) is 5.31. The number of aromatic nitrogens is 3. The highest BCUT2D eigenvalue weighted by molar-refractivity contribution is 6.02. The molecule has 0 atom stereocenters. The summed E-state index contributed by atoms with van der Waals surface area (Å²) in [5, 5.41) is 6.42. The summed E-state index contributed by atoms with van der Waals surface area (Å²) >= 11 is 0. The summed E-state index contributed by atoms with van der Waals surface area (Å²) in [5.74, 6) is 1.72. The van der Waals surface area contributed by atoms with Gasteiger partial charge in [0.2, 0.25) is 0 Å². The fraction of sp³-hybridized carbons (Fsp3) is 0.263. The first-order chi connectivity index (χ1) is 13.2. The van der Waals surface area contributed by atoms with Gasteiger partial charge >= 0.3 is 0 Å². The first kappa shape index (κ1) is 17.0. The average molecular weight is 364 g/mol. The molecule has 8 heteroatoms. The first-order valence-electron chi connectivity index (χ1n) is 8.81. The van der Waals surface area contributed by atoms with E-state index in [0.717, 1.165) is 37.7 Å². The SMILES string of the molecule is Cc1cc(NC(=O)c2ccc(N3CCN(c4ccccn4)CC3)cn2)no1. The molecule has 1 saturated heterocycles. The van der Waals surface area contributed by atoms with Crippen molar-refractivity contribution in [3.05, 3.63) is 60.2 Å². The third-order valence-corrected chi connectivity index (χ3v) is 4.47. The van der Waals surface area contributed by atoms with Crippen molar-refractivity contribution in [1.29, 1.82) is 0 Å². The lowest BCUT2D eigenvalue weighted by Crippen LogP contribution is -2.46. The Hall–Kier alpha value is -3.42. The third-order valence-electron chi connectivity index (χ3n) is 4.47. The Balaban J connectivity index is 1.36. The molecule has 3 aromatic heterocycles. The Labute approximate surface area is 156 Å². The topological polar surface area (TPSA) is 87.4 Å². The van der Waals surface area contributed by atoms with Crippen LogP contribution in [-0.4, -0.2) is 47.2 Å². The largest absolute Gasteiger partial charge is 0.367 e. The average Bonchev–Trinajstić information content (AvgIpc) is 3.13. The molecule has 0 bridgehead atoms. The molecule has 138 valence electrons. The van der Waals surface area contributed by atoms with Crippen LogP contribution in [0, 0.1) is 6.92 Å². The first-order valence-corrected chi connectivity index (χ1v) is 8.81. The highest BCUT2D eigenvalue weighted by atomic mass is 16.5. The van der Waals surface area contributed by atoms with Gasteiger partial charge in [0.05, 0.1) is 11.9 Å². The van der Waals surface area contributed by atoms with Crippen molar-refractivity contribution in [2.75, 3.05) is 41.3 Å². The summed E-state index contributed by atoms with van der Waals surface area (Å²) in [6.07, 6.45) is 3.55. The number of anilines is 3. The highest BCUT2D eigenvalue weighted by Crippen LogP contribution is 2.19. The number of amides is 1. The smallest absolute Gasteiger partial charge is 0.275 e. The zero-order valence-electron chi connectivity index (χ0n) is 15.0. The second kappa shape index (κ2) is 7.45. The van der Waals surface area contributed by atoms with Crippen LogP contribution in [0.2, 0.25) is 0 Å². The van der Waals surface area contributed by atoms with Gasteiger partial charge in [0.15, 0.2) is 5.82 Å². The van der Waals surface area contributed by atoms with Crippen molar-refractivity contribution >= 4 is 23.2 Å². The van der Waals surface area contributed by atoms with Crippen molar-refractivity contribution in [1.82, 2.24) is 15.1 Å². The molecule has 4 rings (SSSR count). The minimum Gasteiger partial charge on any atom is -0.367 e. The van der Waals surface area contributed by atoms with E-state index in [1.807, 2.05) is 30.5 Å². The molecule has 1 amide bonds. The van der Waals surface area contributed by atoms with Crippen LogP contribution in [0.5, 0.6) is 0 Å². The summed E-state index contributed by atoms with van der Waals surface area (Å²) in [7, 11) is 0. The molecular weight excluding hydrogens is 344 g/mol. The zero-order valence-corrected chi connectivity index (χ0v) is 15.0. The maximum absolute atomic E-state index is 12.2. The van der Waals surface area contributed by atoms with Crippen molar-refractivity contribution in [2.24, 2.45) is 0 Å². The molecule has 4 heterocycles. The van der Waals surface area contributed by atoms with Crippen LogP contribution in [-0.2, 0) is 0 Å². The van der Waals surface area contributed by atoms with Gasteiger partial charge in [-0.3, -0.25) is 4.79 Å². The molecule has 0 aromatic carbocycles. The molecule has 0 saturated carbocycles. The second-order valence-electron chi connectivity index (χ2n) is 6.34. The van der Waals surface area contributed by atoms with E-state index in [2.05, 4.69) is 30.2 Å². The van der Waals surface area contributed by atoms with Crippen LogP contribution >= 0.6 is 0 Å². The summed E-state index contributed by atoms with van der Waals surface area (Å²) in [5.41, 5.74) is 1.34. The number of nitrogens with one attached hydrogen (secondary N) is 1. The van der Waals surface area contributed by atoms with Gasteiger partial charge in [-0.25, -0.2) is 9.97 Å². The van der Waals surface area contributed by atoms with Crippen molar-refractivity contribution in [2.45, 2.75) is 6.92 Å². The monoisotopic (exact) mass is 364 g/mol. The maximum atomic E-state index is 12.2. The summed E-state index contributed by atoms with van der Waals surface area (Å²) < 4.78 is 4.94. The summed E-state index contributed by atoms with van der Waals surface area (Å²) in [6, 6.07) is 11.3. The number of piperazine rings is 1. The van der Waals surface area contributed by atoms with Crippen molar-refractivity contribution in [3.8, 4) is 0 Å². The minimum absolute atomic E-state index is 0.310. The van der Waals surface area contributed by atoms with Gasteiger partial charge in [0.25, 0.3) is 5.91 Å². The van der Waals surface area contributed by atoms with E-state index in [9.17, 15) is 4.79 Å². The molecule has 0 spiro atoms. The van der Waals surface area contributed by atoms with Crippen molar-refractivity contribution in [3.63, 3.8) is 0 Å². The second-order valence-corrected chi connectivity index (χ2v) is 6.34. The number of pyridine rings is 2. The fourth-order valence-corrected chi connectivity index (χ4v) is 3.05. The van der Waals surface area contributed by atoms with E-state index in [0.29, 0.717) is 17.3 Å². The van der Waals surface area contributed by atoms with E-state index in [1.54, 1.807) is 25.3 Å². The van der Waals surface area contributed by atoms with Crippen LogP contribution in [0.3, 0.4) is 0 Å². The molecular formula is C19H20N6O2. The minimum atomic E-state index is -0.310. The Bertz CT molecular complexity index is 901. The Morgan fingerprint density at radius 1 is 1.07 bits per heavy atom. The lowest BCUT2D eigenvalue weighted by Gasteiger charge is -2.36. The molecule has 1 aliphatic heterocycles. The van der Waals surface area contributed by atoms with Gasteiger partial charge in [-0.05, 0) is 31.2 Å². The van der Waals surface area contributed by atoms with Gasteiger partial charge in [-0.1, -0.05) is 11.2 Å². The Kier molecular flexibility index (Phi) is 4.69. The van der Waals surface area contributed by atoms with E-state index in [4.69, 9.17) is 4.52 Å². The Morgan fingerprint density at radius 3 is 2.52 bits per heavy atom. The maximum Gasteiger partial charge on any atom is 0.275 e. The van der Waals surface area contributed by atoms with Gasteiger partial charge in [-0.15, -0.1) is 0 Å². The normalized spacial score (nSPS) is 14.3. The molecule has 3 aromatic rings. The van der Waals surface area contributed by atoms with Crippen molar-refractivity contribution < 1.29 is 9.32 Å². The van der Waals surface area contributed by atoms with E-state index in [-0.39, 0.29) is 5.91 Å². The predicted octanol–water partition coefficient (Wildman–Crippen LogP) is 2.35. The standard InChI is InChI=1S/C19H20N6O2/c1-14-12-17(23-27-14)22-19(26)16-6-5-15(13-21-16)24-8-10-25(11-9-24)18-4-2-3-7-20-18/h2-7,12-13H,8-11H2,1H3,(H,22,23,26). The molecule has 1 N–H and O–H groups in total. The van der Waals surface area contributed by atoms with Crippen LogP contribution in [0.15, 0.2) is 53.3 Å². The number of carbonyl (C=O) groups is 1. The number of rotatable bonds is 4. The number of hydrogen-bond donors (Lipinski definition) is 1. The Morgan fingerprint density at radius 2 is 1.89 bits per heavy atom. The lowest BCUT2D eigenvalue weighted by molar-refractivity contribution is 0.102.